The highest BCUT2D eigenvalue weighted by Gasteiger charge is 2.30. The average Bonchev–Trinajstić information content (AvgIpc) is 2.79. The van der Waals surface area contributed by atoms with E-state index in [1.165, 1.54) is 32.1 Å². The molecule has 0 spiro atoms. The standard InChI is InChI=1S/C24H43NO5S2/c1-4-10-20(11-5-2)21(26)18-22(27)29-14-16-31-32-17-15-30-23(28)25-19-24(6-3)12-8-7-9-13-24/h20H,4-19H2,1-3H3,(H,25,28). The van der Waals surface area contributed by atoms with Crippen molar-refractivity contribution in [3.63, 3.8) is 0 Å². The fraction of sp³-hybridized carbons (Fsp3) is 0.875. The van der Waals surface area contributed by atoms with Crippen LogP contribution in [0.15, 0.2) is 0 Å². The summed E-state index contributed by atoms with van der Waals surface area (Å²) in [7, 11) is 3.15. The first-order chi connectivity index (χ1) is 15.5. The van der Waals surface area contributed by atoms with E-state index in [4.69, 9.17) is 9.47 Å². The van der Waals surface area contributed by atoms with Crippen LogP contribution in [0, 0.1) is 11.3 Å². The molecular weight excluding hydrogens is 446 g/mol. The summed E-state index contributed by atoms with van der Waals surface area (Å²) in [5, 5.41) is 2.94. The summed E-state index contributed by atoms with van der Waals surface area (Å²) < 4.78 is 10.5. The van der Waals surface area contributed by atoms with Crippen molar-refractivity contribution in [1.29, 1.82) is 0 Å². The fourth-order valence-electron chi connectivity index (χ4n) is 4.24. The highest BCUT2D eigenvalue weighted by molar-refractivity contribution is 8.76. The van der Waals surface area contributed by atoms with Gasteiger partial charge in [0.25, 0.3) is 0 Å². The van der Waals surface area contributed by atoms with Crippen LogP contribution in [0.4, 0.5) is 4.79 Å². The van der Waals surface area contributed by atoms with E-state index in [0.717, 1.165) is 32.1 Å². The molecule has 0 aromatic heterocycles. The van der Waals surface area contributed by atoms with Gasteiger partial charge < -0.3 is 14.8 Å². The number of carbonyl (C=O) groups excluding carboxylic acids is 3. The molecule has 0 aliphatic heterocycles. The Balaban J connectivity index is 2.03. The molecule has 0 saturated heterocycles. The first kappa shape index (κ1) is 29.1. The second-order valence-corrected chi connectivity index (χ2v) is 11.4. The summed E-state index contributed by atoms with van der Waals surface area (Å²) >= 11 is 0. The molecule has 1 fully saturated rings. The van der Waals surface area contributed by atoms with E-state index in [0.29, 0.717) is 24.7 Å². The van der Waals surface area contributed by atoms with Crippen LogP contribution in [0.5, 0.6) is 0 Å². The summed E-state index contributed by atoms with van der Waals surface area (Å²) in [6, 6.07) is 0. The third kappa shape index (κ3) is 12.4. The number of esters is 1. The number of ketones is 1. The van der Waals surface area contributed by atoms with Crippen molar-refractivity contribution < 1.29 is 23.9 Å². The van der Waals surface area contributed by atoms with Gasteiger partial charge >= 0.3 is 12.1 Å². The van der Waals surface area contributed by atoms with Crippen molar-refractivity contribution in [3.8, 4) is 0 Å². The number of nitrogens with one attached hydrogen (secondary N) is 1. The van der Waals surface area contributed by atoms with Gasteiger partial charge in [-0.25, -0.2) is 4.79 Å². The Labute approximate surface area is 202 Å². The summed E-state index contributed by atoms with van der Waals surface area (Å²) in [5.41, 5.74) is 0.247. The Bertz CT molecular complexity index is 547. The molecule has 186 valence electrons. The first-order valence-electron chi connectivity index (χ1n) is 12.3. The van der Waals surface area contributed by atoms with Crippen molar-refractivity contribution in [1.82, 2.24) is 5.32 Å². The summed E-state index contributed by atoms with van der Waals surface area (Å²) in [6.45, 7) is 7.66. The molecule has 0 aromatic carbocycles. The third-order valence-electron chi connectivity index (χ3n) is 6.23. The zero-order valence-electron chi connectivity index (χ0n) is 20.2. The zero-order chi connectivity index (χ0) is 23.7. The summed E-state index contributed by atoms with van der Waals surface area (Å²) in [5.74, 6) is 0.877. The molecule has 8 heteroatoms. The van der Waals surface area contributed by atoms with Gasteiger partial charge in [-0.1, -0.05) is 74.5 Å². The molecule has 0 heterocycles. The molecule has 32 heavy (non-hydrogen) atoms. The lowest BCUT2D eigenvalue weighted by Crippen LogP contribution is -2.39. The van der Waals surface area contributed by atoms with E-state index in [2.05, 4.69) is 26.1 Å². The van der Waals surface area contributed by atoms with Gasteiger partial charge in [0.2, 0.25) is 0 Å². The molecule has 0 atom stereocenters. The van der Waals surface area contributed by atoms with E-state index < -0.39 is 5.97 Å². The van der Waals surface area contributed by atoms with E-state index in [-0.39, 0.29) is 36.2 Å². The Morgan fingerprint density at radius 3 is 2.06 bits per heavy atom. The predicted molar refractivity (Wildman–Crippen MR) is 134 cm³/mol. The van der Waals surface area contributed by atoms with E-state index in [1.807, 2.05) is 0 Å². The second kappa shape index (κ2) is 17.6. The molecule has 1 aliphatic carbocycles. The molecule has 1 N–H and O–H groups in total. The SMILES string of the molecule is CCCC(CCC)C(=O)CC(=O)OCCSSCCOC(=O)NCC1(CC)CCCCC1. The van der Waals surface area contributed by atoms with Crippen molar-refractivity contribution in [2.45, 2.75) is 91.4 Å². The second-order valence-electron chi connectivity index (χ2n) is 8.69. The van der Waals surface area contributed by atoms with Gasteiger partial charge in [-0.2, -0.15) is 0 Å². The lowest BCUT2D eigenvalue weighted by Gasteiger charge is -2.36. The van der Waals surface area contributed by atoms with Crippen LogP contribution >= 0.6 is 21.6 Å². The quantitative estimate of drug-likeness (QED) is 0.113. The van der Waals surface area contributed by atoms with Gasteiger partial charge in [0.05, 0.1) is 0 Å². The van der Waals surface area contributed by atoms with E-state index in [9.17, 15) is 14.4 Å². The lowest BCUT2D eigenvalue weighted by atomic mass is 9.72. The topological polar surface area (TPSA) is 81.7 Å². The molecule has 6 nitrogen and oxygen atoms in total. The van der Waals surface area contributed by atoms with Crippen LogP contribution in [0.25, 0.3) is 0 Å². The highest BCUT2D eigenvalue weighted by atomic mass is 33.1. The van der Waals surface area contributed by atoms with Crippen LogP contribution in [-0.4, -0.2) is 49.1 Å². The molecule has 0 radical (unpaired) electrons. The summed E-state index contributed by atoms with van der Waals surface area (Å²) in [6.07, 6.45) is 10.4. The van der Waals surface area contributed by atoms with E-state index in [1.54, 1.807) is 21.6 Å². The normalized spacial score (nSPS) is 15.4. The number of hydrogen-bond acceptors (Lipinski definition) is 7. The molecule has 1 amide bonds. The van der Waals surface area contributed by atoms with Crippen LogP contribution in [-0.2, 0) is 19.1 Å². The zero-order valence-corrected chi connectivity index (χ0v) is 21.9. The Morgan fingerprint density at radius 2 is 1.50 bits per heavy atom. The Kier molecular flexibility index (Phi) is 16.0. The van der Waals surface area contributed by atoms with Gasteiger partial charge in [-0.05, 0) is 37.5 Å². The maximum Gasteiger partial charge on any atom is 0.407 e. The molecular formula is C24H43NO5S2. The minimum absolute atomic E-state index is 0.00416. The molecule has 0 unspecified atom stereocenters. The number of ether oxygens (including phenoxy) is 2. The number of rotatable bonds is 17. The minimum atomic E-state index is -0.430. The number of Topliss-reactive ketones (excluding diaryl/α,β-unsaturated/α-hetero) is 1. The van der Waals surface area contributed by atoms with Crippen molar-refractivity contribution in [3.05, 3.63) is 0 Å². The largest absolute Gasteiger partial charge is 0.464 e. The maximum atomic E-state index is 12.2. The third-order valence-corrected chi connectivity index (χ3v) is 8.57. The predicted octanol–water partition coefficient (Wildman–Crippen LogP) is 6.17. The van der Waals surface area contributed by atoms with Crippen molar-refractivity contribution >= 4 is 39.4 Å². The monoisotopic (exact) mass is 489 g/mol. The first-order valence-corrected chi connectivity index (χ1v) is 14.8. The Morgan fingerprint density at radius 1 is 0.906 bits per heavy atom. The number of hydrogen-bond donors (Lipinski definition) is 1. The Hall–Kier alpha value is -0.890. The molecule has 1 rings (SSSR count). The van der Waals surface area contributed by atoms with Gasteiger partial charge in [0, 0.05) is 24.0 Å². The van der Waals surface area contributed by atoms with Crippen molar-refractivity contribution in [2.24, 2.45) is 11.3 Å². The molecule has 0 aromatic rings. The van der Waals surface area contributed by atoms with Crippen LogP contribution < -0.4 is 5.32 Å². The van der Waals surface area contributed by atoms with Gasteiger partial charge in [0.1, 0.15) is 25.4 Å². The van der Waals surface area contributed by atoms with Crippen molar-refractivity contribution in [2.75, 3.05) is 31.3 Å². The smallest absolute Gasteiger partial charge is 0.407 e. The van der Waals surface area contributed by atoms with Gasteiger partial charge in [0.15, 0.2) is 0 Å². The molecule has 1 aliphatic rings. The van der Waals surface area contributed by atoms with Crippen LogP contribution in [0.2, 0.25) is 0 Å². The van der Waals surface area contributed by atoms with Crippen LogP contribution in [0.1, 0.15) is 91.4 Å². The highest BCUT2D eigenvalue weighted by Crippen LogP contribution is 2.38. The number of alkyl carbamates (subject to hydrolysis) is 1. The van der Waals surface area contributed by atoms with E-state index >= 15 is 0 Å². The van der Waals surface area contributed by atoms with Gasteiger partial charge in [-0.15, -0.1) is 0 Å². The van der Waals surface area contributed by atoms with Gasteiger partial charge in [-0.3, -0.25) is 9.59 Å². The maximum absolute atomic E-state index is 12.2. The molecule has 1 saturated carbocycles. The number of carbonyl (C=O) groups is 3. The average molecular weight is 490 g/mol. The fourth-order valence-corrected chi connectivity index (χ4v) is 5.90. The van der Waals surface area contributed by atoms with Crippen LogP contribution in [0.3, 0.4) is 0 Å². The number of amides is 1. The summed E-state index contributed by atoms with van der Waals surface area (Å²) in [4.78, 5) is 36.0. The molecule has 0 bridgehead atoms. The minimum Gasteiger partial charge on any atom is -0.464 e. The lowest BCUT2D eigenvalue weighted by molar-refractivity contribution is -0.146.